The second-order valence-electron chi connectivity index (χ2n) is 6.04. The van der Waals surface area contributed by atoms with Gasteiger partial charge in [0, 0.05) is 24.7 Å². The lowest BCUT2D eigenvalue weighted by Crippen LogP contribution is -2.32. The summed E-state index contributed by atoms with van der Waals surface area (Å²) in [7, 11) is 0. The summed E-state index contributed by atoms with van der Waals surface area (Å²) in [5.74, 6) is 0.290. The van der Waals surface area contributed by atoms with Crippen molar-refractivity contribution in [1.82, 2.24) is 10.6 Å². The molecule has 0 aliphatic heterocycles. The Morgan fingerprint density at radius 1 is 1.27 bits per heavy atom. The van der Waals surface area contributed by atoms with Crippen LogP contribution < -0.4 is 10.6 Å². The Bertz CT molecular complexity index is 507. The highest BCUT2D eigenvalue weighted by atomic mass is 16.6. The molecule has 0 aromatic heterocycles. The Morgan fingerprint density at radius 3 is 2.55 bits per heavy atom. The summed E-state index contributed by atoms with van der Waals surface area (Å²) in [6, 6.07) is 7.31. The van der Waals surface area contributed by atoms with E-state index < -0.39 is 11.7 Å². The smallest absolute Gasteiger partial charge is 0.407 e. The van der Waals surface area contributed by atoms with Gasteiger partial charge in [0.1, 0.15) is 11.4 Å². The summed E-state index contributed by atoms with van der Waals surface area (Å²) < 4.78 is 5.13. The number of aromatic hydroxyl groups is 1. The van der Waals surface area contributed by atoms with Crippen LogP contribution in [0.1, 0.15) is 39.3 Å². The molecule has 5 nitrogen and oxygen atoms in total. The van der Waals surface area contributed by atoms with E-state index in [1.54, 1.807) is 12.1 Å². The summed E-state index contributed by atoms with van der Waals surface area (Å²) in [6.45, 7) is 8.53. The van der Waals surface area contributed by atoms with E-state index in [1.807, 2.05) is 52.0 Å². The predicted octanol–water partition coefficient (Wildman–Crippen LogP) is 3.12. The normalized spacial score (nSPS) is 13.1. The zero-order valence-corrected chi connectivity index (χ0v) is 13.7. The van der Waals surface area contributed by atoms with Gasteiger partial charge in [0.05, 0.1) is 0 Å². The van der Waals surface area contributed by atoms with E-state index in [0.717, 1.165) is 5.56 Å². The summed E-state index contributed by atoms with van der Waals surface area (Å²) in [5, 5.41) is 15.7. The van der Waals surface area contributed by atoms with E-state index >= 15 is 0 Å². The molecule has 1 rings (SSSR count). The van der Waals surface area contributed by atoms with Crippen molar-refractivity contribution >= 4 is 6.09 Å². The zero-order valence-electron chi connectivity index (χ0n) is 13.7. The molecule has 0 bridgehead atoms. The first kappa shape index (κ1) is 18.0. The summed E-state index contributed by atoms with van der Waals surface area (Å²) >= 11 is 0. The molecule has 1 amide bonds. The molecule has 0 saturated heterocycles. The van der Waals surface area contributed by atoms with Crippen LogP contribution in [0.15, 0.2) is 36.4 Å². The third kappa shape index (κ3) is 7.13. The van der Waals surface area contributed by atoms with Gasteiger partial charge in [-0.05, 0) is 33.8 Å². The second kappa shape index (κ2) is 8.44. The maximum Gasteiger partial charge on any atom is 0.407 e. The van der Waals surface area contributed by atoms with Gasteiger partial charge < -0.3 is 20.5 Å². The molecule has 122 valence electrons. The van der Waals surface area contributed by atoms with Crippen LogP contribution in [0.2, 0.25) is 0 Å². The number of nitrogens with one attached hydrogen (secondary N) is 2. The molecule has 1 aromatic rings. The third-order valence-electron chi connectivity index (χ3n) is 2.87. The van der Waals surface area contributed by atoms with Crippen LogP contribution in [0.4, 0.5) is 4.79 Å². The molecule has 0 spiro atoms. The van der Waals surface area contributed by atoms with Crippen LogP contribution in [0.3, 0.4) is 0 Å². The molecule has 3 N–H and O–H groups in total. The molecular formula is C17H26N2O3. The first-order valence-corrected chi connectivity index (χ1v) is 7.42. The highest BCUT2D eigenvalue weighted by Gasteiger charge is 2.14. The summed E-state index contributed by atoms with van der Waals surface area (Å²) in [4.78, 5) is 11.4. The van der Waals surface area contributed by atoms with Crippen LogP contribution in [0.5, 0.6) is 5.75 Å². The average molecular weight is 306 g/mol. The third-order valence-corrected chi connectivity index (χ3v) is 2.87. The zero-order chi connectivity index (χ0) is 16.6. The molecule has 1 unspecified atom stereocenters. The van der Waals surface area contributed by atoms with Crippen LogP contribution in [0.25, 0.3) is 0 Å². The van der Waals surface area contributed by atoms with Crippen LogP contribution >= 0.6 is 0 Å². The fourth-order valence-electron chi connectivity index (χ4n) is 1.83. The largest absolute Gasteiger partial charge is 0.508 e. The van der Waals surface area contributed by atoms with Gasteiger partial charge in [-0.15, -0.1) is 0 Å². The number of hydrogen-bond donors (Lipinski definition) is 3. The number of ether oxygens (including phenoxy) is 1. The van der Waals surface area contributed by atoms with Crippen LogP contribution in [-0.4, -0.2) is 29.9 Å². The van der Waals surface area contributed by atoms with Crippen molar-refractivity contribution < 1.29 is 14.6 Å². The Kier molecular flexibility index (Phi) is 6.92. The molecule has 1 atom stereocenters. The van der Waals surface area contributed by atoms with Gasteiger partial charge >= 0.3 is 6.09 Å². The first-order valence-electron chi connectivity index (χ1n) is 7.42. The van der Waals surface area contributed by atoms with Crippen LogP contribution in [-0.2, 0) is 4.74 Å². The molecule has 0 fully saturated rings. The van der Waals surface area contributed by atoms with Gasteiger partial charge in [-0.1, -0.05) is 30.4 Å². The van der Waals surface area contributed by atoms with Gasteiger partial charge in [-0.25, -0.2) is 4.79 Å². The number of phenolic OH excluding ortho intramolecular Hbond substituents is 1. The monoisotopic (exact) mass is 306 g/mol. The number of rotatable bonds is 6. The topological polar surface area (TPSA) is 70.6 Å². The summed E-state index contributed by atoms with van der Waals surface area (Å²) in [6.07, 6.45) is 3.36. The number of carbonyl (C=O) groups excluding carboxylic acids is 1. The Morgan fingerprint density at radius 2 is 1.91 bits per heavy atom. The van der Waals surface area contributed by atoms with E-state index in [1.165, 1.54) is 0 Å². The minimum atomic E-state index is -0.484. The average Bonchev–Trinajstić information content (AvgIpc) is 2.41. The van der Waals surface area contributed by atoms with Gasteiger partial charge in [0.25, 0.3) is 0 Å². The number of benzene rings is 1. The lowest BCUT2D eigenvalue weighted by molar-refractivity contribution is 0.0534. The quantitative estimate of drug-likeness (QED) is 0.706. The maximum absolute atomic E-state index is 11.4. The van der Waals surface area contributed by atoms with Gasteiger partial charge in [0.15, 0.2) is 0 Å². The molecule has 5 heteroatoms. The molecule has 0 saturated carbocycles. The van der Waals surface area contributed by atoms with Gasteiger partial charge in [0.2, 0.25) is 0 Å². The Hall–Kier alpha value is -2.01. The van der Waals surface area contributed by atoms with E-state index in [2.05, 4.69) is 10.6 Å². The molecule has 0 aliphatic carbocycles. The highest BCUT2D eigenvalue weighted by Crippen LogP contribution is 2.22. The van der Waals surface area contributed by atoms with Crippen molar-refractivity contribution in [3.63, 3.8) is 0 Å². The second-order valence-corrected chi connectivity index (χ2v) is 6.04. The number of hydrogen-bond acceptors (Lipinski definition) is 4. The Balaban J connectivity index is 2.24. The van der Waals surface area contributed by atoms with Crippen molar-refractivity contribution in [2.24, 2.45) is 0 Å². The molecule has 0 aliphatic rings. The lowest BCUT2D eigenvalue weighted by atomic mass is 10.1. The van der Waals surface area contributed by atoms with Crippen molar-refractivity contribution in [2.45, 2.75) is 39.3 Å². The molecule has 1 aromatic carbocycles. The highest BCUT2D eigenvalue weighted by molar-refractivity contribution is 5.67. The van der Waals surface area contributed by atoms with Crippen molar-refractivity contribution in [2.75, 3.05) is 13.1 Å². The number of carbonyl (C=O) groups is 1. The fourth-order valence-corrected chi connectivity index (χ4v) is 1.83. The van der Waals surface area contributed by atoms with Crippen molar-refractivity contribution in [1.29, 1.82) is 0 Å². The first-order chi connectivity index (χ1) is 10.3. The van der Waals surface area contributed by atoms with Gasteiger partial charge in [-0.3, -0.25) is 0 Å². The minimum Gasteiger partial charge on any atom is -0.508 e. The van der Waals surface area contributed by atoms with E-state index in [-0.39, 0.29) is 11.8 Å². The van der Waals surface area contributed by atoms with Crippen molar-refractivity contribution in [3.8, 4) is 5.75 Å². The number of phenols is 1. The van der Waals surface area contributed by atoms with E-state index in [0.29, 0.717) is 13.1 Å². The lowest BCUT2D eigenvalue weighted by Gasteiger charge is -2.19. The standard InChI is InChI=1S/C17H26N2O3/c1-13(14-9-5-6-10-15(14)20)18-11-7-8-12-19-16(21)22-17(2,3)4/h5-10,13,18,20H,11-12H2,1-4H3,(H,19,21)/b8-7+. The number of para-hydroxylation sites is 1. The Labute approximate surface area is 132 Å². The van der Waals surface area contributed by atoms with Crippen molar-refractivity contribution in [3.05, 3.63) is 42.0 Å². The maximum atomic E-state index is 11.4. The number of amides is 1. The van der Waals surface area contributed by atoms with E-state index in [9.17, 15) is 9.90 Å². The van der Waals surface area contributed by atoms with Gasteiger partial charge in [-0.2, -0.15) is 0 Å². The van der Waals surface area contributed by atoms with Crippen LogP contribution in [0, 0.1) is 0 Å². The number of alkyl carbamates (subject to hydrolysis) is 1. The molecule has 0 radical (unpaired) electrons. The SMILES string of the molecule is CC(NC/C=C/CNC(=O)OC(C)(C)C)c1ccccc1O. The predicted molar refractivity (Wildman–Crippen MR) is 87.9 cm³/mol. The molecule has 22 heavy (non-hydrogen) atoms. The molecular weight excluding hydrogens is 280 g/mol. The minimum absolute atomic E-state index is 0.0460. The van der Waals surface area contributed by atoms with E-state index in [4.69, 9.17) is 4.74 Å². The molecule has 0 heterocycles. The summed E-state index contributed by atoms with van der Waals surface area (Å²) in [5.41, 5.74) is 0.380. The fraction of sp³-hybridized carbons (Fsp3) is 0.471.